The molecule has 0 fully saturated rings. The number of phenolic OH excluding ortho intramolecular Hbond substituents is 1. The van der Waals surface area contributed by atoms with Crippen LogP contribution >= 0.6 is 11.3 Å². The van der Waals surface area contributed by atoms with Crippen LogP contribution in [-0.2, 0) is 16.4 Å². The summed E-state index contributed by atoms with van der Waals surface area (Å²) in [6.07, 6.45) is 0.802. The van der Waals surface area contributed by atoms with E-state index in [1.54, 1.807) is 24.3 Å². The highest BCUT2D eigenvalue weighted by Crippen LogP contribution is 2.29. The smallest absolute Gasteiger partial charge is 0.271 e. The van der Waals surface area contributed by atoms with Gasteiger partial charge in [0.15, 0.2) is 0 Å². The van der Waals surface area contributed by atoms with Gasteiger partial charge in [-0.1, -0.05) is 13.0 Å². The lowest BCUT2D eigenvalue weighted by molar-refractivity contribution is 0.477. The van der Waals surface area contributed by atoms with Crippen molar-refractivity contribution >= 4 is 27.0 Å². The molecule has 2 rings (SSSR count). The first kappa shape index (κ1) is 13.9. The van der Waals surface area contributed by atoms with Gasteiger partial charge in [-0.15, -0.1) is 11.3 Å². The predicted molar refractivity (Wildman–Crippen MR) is 77.3 cm³/mol. The lowest BCUT2D eigenvalue weighted by Crippen LogP contribution is -2.11. The second kappa shape index (κ2) is 5.22. The van der Waals surface area contributed by atoms with E-state index in [0.717, 1.165) is 16.9 Å². The van der Waals surface area contributed by atoms with Crippen LogP contribution in [0.1, 0.15) is 17.4 Å². The minimum absolute atomic E-state index is 0.0733. The maximum atomic E-state index is 12.2. The highest BCUT2D eigenvalue weighted by molar-refractivity contribution is 7.94. The SMILES string of the molecule is CCc1ccc(S(=O)(=O)Nc2ccc(C)cc2O)s1. The van der Waals surface area contributed by atoms with E-state index >= 15 is 0 Å². The first-order chi connectivity index (χ1) is 8.92. The first-order valence-corrected chi connectivity index (χ1v) is 8.13. The van der Waals surface area contributed by atoms with E-state index < -0.39 is 10.0 Å². The number of aryl methyl sites for hydroxylation is 2. The van der Waals surface area contributed by atoms with Crippen molar-refractivity contribution < 1.29 is 13.5 Å². The van der Waals surface area contributed by atoms with Crippen LogP contribution in [-0.4, -0.2) is 13.5 Å². The molecule has 4 nitrogen and oxygen atoms in total. The van der Waals surface area contributed by atoms with Crippen molar-refractivity contribution in [2.24, 2.45) is 0 Å². The lowest BCUT2D eigenvalue weighted by Gasteiger charge is -2.08. The molecule has 0 spiro atoms. The Labute approximate surface area is 116 Å². The Bertz CT molecular complexity index is 690. The van der Waals surface area contributed by atoms with Gasteiger partial charge in [0.25, 0.3) is 10.0 Å². The summed E-state index contributed by atoms with van der Waals surface area (Å²) in [6.45, 7) is 3.80. The Hall–Kier alpha value is -1.53. The molecule has 0 aliphatic carbocycles. The average molecular weight is 297 g/mol. The van der Waals surface area contributed by atoms with E-state index in [1.807, 2.05) is 13.8 Å². The van der Waals surface area contributed by atoms with Crippen molar-refractivity contribution in [3.05, 3.63) is 40.8 Å². The molecule has 0 saturated carbocycles. The van der Waals surface area contributed by atoms with Gasteiger partial charge in [-0.05, 0) is 43.2 Å². The van der Waals surface area contributed by atoms with Gasteiger partial charge in [-0.3, -0.25) is 4.72 Å². The van der Waals surface area contributed by atoms with Gasteiger partial charge in [0.2, 0.25) is 0 Å². The number of sulfonamides is 1. The molecule has 2 aromatic rings. The van der Waals surface area contributed by atoms with E-state index in [9.17, 15) is 13.5 Å². The quantitative estimate of drug-likeness (QED) is 0.852. The van der Waals surface area contributed by atoms with Gasteiger partial charge in [-0.25, -0.2) is 8.42 Å². The zero-order valence-electron chi connectivity index (χ0n) is 10.7. The number of aromatic hydroxyl groups is 1. The molecule has 0 radical (unpaired) electrons. The zero-order chi connectivity index (χ0) is 14.0. The van der Waals surface area contributed by atoms with E-state index in [0.29, 0.717) is 0 Å². The Morgan fingerprint density at radius 2 is 2.00 bits per heavy atom. The van der Waals surface area contributed by atoms with Crippen LogP contribution in [0.25, 0.3) is 0 Å². The van der Waals surface area contributed by atoms with Gasteiger partial charge in [0, 0.05) is 4.88 Å². The molecule has 0 bridgehead atoms. The predicted octanol–water partition coefficient (Wildman–Crippen LogP) is 3.13. The molecule has 0 unspecified atom stereocenters. The Balaban J connectivity index is 2.30. The summed E-state index contributed by atoms with van der Waals surface area (Å²) in [7, 11) is -3.63. The molecule has 0 aliphatic rings. The van der Waals surface area contributed by atoms with Crippen molar-refractivity contribution in [3.63, 3.8) is 0 Å². The second-order valence-corrected chi connectivity index (χ2v) is 7.28. The summed E-state index contributed by atoms with van der Waals surface area (Å²) in [5.41, 5.74) is 1.06. The van der Waals surface area contributed by atoms with Crippen LogP contribution in [0.15, 0.2) is 34.5 Å². The fourth-order valence-corrected chi connectivity index (χ4v) is 3.99. The van der Waals surface area contributed by atoms with E-state index in [2.05, 4.69) is 4.72 Å². The fourth-order valence-electron chi connectivity index (χ4n) is 1.62. The van der Waals surface area contributed by atoms with Crippen LogP contribution in [0.5, 0.6) is 5.75 Å². The number of hydrogen-bond donors (Lipinski definition) is 2. The molecule has 0 saturated heterocycles. The molecular formula is C13H15NO3S2. The molecular weight excluding hydrogens is 282 g/mol. The third-order valence-corrected chi connectivity index (χ3v) is 5.73. The second-order valence-electron chi connectivity index (χ2n) is 4.20. The first-order valence-electron chi connectivity index (χ1n) is 5.83. The molecule has 1 aromatic carbocycles. The minimum atomic E-state index is -3.63. The number of benzene rings is 1. The van der Waals surface area contributed by atoms with Gasteiger partial charge < -0.3 is 5.11 Å². The summed E-state index contributed by atoms with van der Waals surface area (Å²) in [4.78, 5) is 1.01. The van der Waals surface area contributed by atoms with Gasteiger partial charge in [0.05, 0.1) is 5.69 Å². The summed E-state index contributed by atoms with van der Waals surface area (Å²) in [5.74, 6) is -0.0733. The number of anilines is 1. The van der Waals surface area contributed by atoms with Crippen LogP contribution in [0.2, 0.25) is 0 Å². The van der Waals surface area contributed by atoms with Crippen molar-refractivity contribution in [2.75, 3.05) is 4.72 Å². The monoisotopic (exact) mass is 297 g/mol. The topological polar surface area (TPSA) is 66.4 Å². The largest absolute Gasteiger partial charge is 0.506 e. The van der Waals surface area contributed by atoms with Crippen molar-refractivity contribution in [1.82, 2.24) is 0 Å². The third-order valence-electron chi connectivity index (χ3n) is 2.65. The maximum Gasteiger partial charge on any atom is 0.271 e. The van der Waals surface area contributed by atoms with E-state index in [4.69, 9.17) is 0 Å². The van der Waals surface area contributed by atoms with Gasteiger partial charge >= 0.3 is 0 Å². The number of thiophene rings is 1. The molecule has 0 aliphatic heterocycles. The molecule has 1 aromatic heterocycles. The van der Waals surface area contributed by atoms with Crippen LogP contribution in [0.3, 0.4) is 0 Å². The van der Waals surface area contributed by atoms with Crippen molar-refractivity contribution in [2.45, 2.75) is 24.5 Å². The summed E-state index contributed by atoms with van der Waals surface area (Å²) in [6, 6.07) is 8.19. The van der Waals surface area contributed by atoms with Crippen LogP contribution in [0.4, 0.5) is 5.69 Å². The zero-order valence-corrected chi connectivity index (χ0v) is 12.3. The lowest BCUT2D eigenvalue weighted by atomic mass is 10.2. The van der Waals surface area contributed by atoms with Crippen LogP contribution in [0, 0.1) is 6.92 Å². The fraction of sp³-hybridized carbons (Fsp3) is 0.231. The van der Waals surface area contributed by atoms with E-state index in [1.165, 1.54) is 17.4 Å². The standard InChI is InChI=1S/C13H15NO3S2/c1-3-10-5-7-13(18-10)19(16,17)14-11-6-4-9(2)8-12(11)15/h4-8,14-15H,3H2,1-2H3. The van der Waals surface area contributed by atoms with E-state index in [-0.39, 0.29) is 15.6 Å². The number of rotatable bonds is 4. The Morgan fingerprint density at radius 3 is 2.58 bits per heavy atom. The van der Waals surface area contributed by atoms with Crippen molar-refractivity contribution in [1.29, 1.82) is 0 Å². The normalized spacial score (nSPS) is 11.5. The summed E-state index contributed by atoms with van der Waals surface area (Å²) in [5, 5.41) is 9.73. The number of phenols is 1. The van der Waals surface area contributed by atoms with Crippen LogP contribution < -0.4 is 4.72 Å². The van der Waals surface area contributed by atoms with Gasteiger partial charge in [-0.2, -0.15) is 0 Å². The van der Waals surface area contributed by atoms with Gasteiger partial charge in [0.1, 0.15) is 9.96 Å². The number of nitrogens with one attached hydrogen (secondary N) is 1. The molecule has 2 N–H and O–H groups in total. The summed E-state index contributed by atoms with van der Waals surface area (Å²) < 4.78 is 27.0. The molecule has 19 heavy (non-hydrogen) atoms. The third kappa shape index (κ3) is 3.08. The highest BCUT2D eigenvalue weighted by atomic mass is 32.2. The molecule has 0 amide bonds. The molecule has 1 heterocycles. The Kier molecular flexibility index (Phi) is 3.82. The summed E-state index contributed by atoms with van der Waals surface area (Å²) >= 11 is 1.24. The maximum absolute atomic E-state index is 12.2. The Morgan fingerprint density at radius 1 is 1.26 bits per heavy atom. The molecule has 0 atom stereocenters. The number of hydrogen-bond acceptors (Lipinski definition) is 4. The highest BCUT2D eigenvalue weighted by Gasteiger charge is 2.18. The average Bonchev–Trinajstić information content (AvgIpc) is 2.82. The van der Waals surface area contributed by atoms with Crippen molar-refractivity contribution in [3.8, 4) is 5.75 Å². The minimum Gasteiger partial charge on any atom is -0.506 e. The molecule has 102 valence electrons. The molecule has 6 heteroatoms.